The van der Waals surface area contributed by atoms with E-state index in [-0.39, 0.29) is 0 Å². The van der Waals surface area contributed by atoms with Gasteiger partial charge in [-0.2, -0.15) is 0 Å². The Morgan fingerprint density at radius 3 is 2.86 bits per heavy atom. The molecule has 0 aliphatic rings. The number of rotatable bonds is 5. The lowest BCUT2D eigenvalue weighted by Crippen LogP contribution is -1.95. The molecule has 4 nitrogen and oxygen atoms in total. The zero-order valence-corrected chi connectivity index (χ0v) is 14.4. The van der Waals surface area contributed by atoms with E-state index < -0.39 is 0 Å². The minimum atomic E-state index is 0.807. The van der Waals surface area contributed by atoms with Crippen LogP contribution >= 0.6 is 23.1 Å². The molecule has 114 valence electrons. The van der Waals surface area contributed by atoms with E-state index in [2.05, 4.69) is 40.7 Å². The summed E-state index contributed by atoms with van der Waals surface area (Å²) < 4.78 is 7.47. The Hall–Kier alpha value is -1.79. The molecule has 0 atom stereocenters. The predicted octanol–water partition coefficient (Wildman–Crippen LogP) is 4.15. The van der Waals surface area contributed by atoms with E-state index in [4.69, 9.17) is 4.74 Å². The summed E-state index contributed by atoms with van der Waals surface area (Å²) in [6, 6.07) is 10.3. The Bertz CT molecular complexity index is 766. The van der Waals surface area contributed by atoms with Gasteiger partial charge in [0.1, 0.15) is 5.75 Å². The van der Waals surface area contributed by atoms with Crippen LogP contribution in [0.25, 0.3) is 10.7 Å². The highest BCUT2D eigenvalue weighted by Crippen LogP contribution is 2.30. The fourth-order valence-electron chi connectivity index (χ4n) is 2.22. The maximum absolute atomic E-state index is 5.43. The van der Waals surface area contributed by atoms with E-state index in [9.17, 15) is 0 Å². The molecule has 2 heterocycles. The molecule has 0 bridgehead atoms. The Labute approximate surface area is 138 Å². The normalized spacial score (nSPS) is 10.9. The van der Waals surface area contributed by atoms with Gasteiger partial charge in [-0.25, -0.2) is 0 Å². The number of hydrogen-bond donors (Lipinski definition) is 0. The van der Waals surface area contributed by atoms with E-state index in [1.54, 1.807) is 30.2 Å². The third kappa shape index (κ3) is 3.03. The first-order valence-corrected chi connectivity index (χ1v) is 8.75. The second-order valence-corrected chi connectivity index (χ2v) is 6.84. The first-order valence-electron chi connectivity index (χ1n) is 6.88. The average Bonchev–Trinajstić information content (AvgIpc) is 3.15. The number of thiophene rings is 1. The summed E-state index contributed by atoms with van der Waals surface area (Å²) in [6.45, 7) is 2.09. The van der Waals surface area contributed by atoms with E-state index in [1.165, 1.54) is 11.1 Å². The molecular weight excluding hydrogens is 314 g/mol. The summed E-state index contributed by atoms with van der Waals surface area (Å²) in [5.41, 5.74) is 2.40. The predicted molar refractivity (Wildman–Crippen MR) is 91.6 cm³/mol. The lowest BCUT2D eigenvalue weighted by molar-refractivity contribution is 0.411. The van der Waals surface area contributed by atoms with Crippen molar-refractivity contribution in [2.24, 2.45) is 7.05 Å². The molecule has 0 saturated heterocycles. The molecule has 3 aromatic rings. The van der Waals surface area contributed by atoms with E-state index in [0.717, 1.165) is 27.4 Å². The van der Waals surface area contributed by atoms with Crippen LogP contribution in [0.5, 0.6) is 5.75 Å². The Morgan fingerprint density at radius 1 is 1.27 bits per heavy atom. The van der Waals surface area contributed by atoms with Gasteiger partial charge in [-0.15, -0.1) is 21.5 Å². The molecule has 0 saturated carbocycles. The summed E-state index contributed by atoms with van der Waals surface area (Å²) >= 11 is 3.34. The Kier molecular flexibility index (Phi) is 4.49. The Morgan fingerprint density at radius 2 is 2.14 bits per heavy atom. The molecule has 0 spiro atoms. The van der Waals surface area contributed by atoms with Crippen molar-refractivity contribution in [1.82, 2.24) is 14.8 Å². The molecule has 0 fully saturated rings. The second-order valence-electron chi connectivity index (χ2n) is 4.95. The zero-order chi connectivity index (χ0) is 15.5. The zero-order valence-electron chi connectivity index (χ0n) is 12.7. The number of hydrogen-bond acceptors (Lipinski definition) is 5. The third-order valence-corrected chi connectivity index (χ3v) is 5.30. The van der Waals surface area contributed by atoms with Crippen molar-refractivity contribution in [3.05, 3.63) is 46.8 Å². The molecular formula is C16H17N3OS2. The number of nitrogens with zero attached hydrogens (tertiary/aromatic N) is 3. The molecule has 0 aliphatic heterocycles. The SMILES string of the molecule is COc1ccc(C)cc1CSc1nnc(-c2cccs2)n1C. The topological polar surface area (TPSA) is 39.9 Å². The van der Waals surface area contributed by atoms with Crippen LogP contribution < -0.4 is 4.74 Å². The van der Waals surface area contributed by atoms with Gasteiger partial charge in [0.15, 0.2) is 11.0 Å². The minimum absolute atomic E-state index is 0.807. The lowest BCUT2D eigenvalue weighted by Gasteiger charge is -2.09. The molecule has 0 unspecified atom stereocenters. The van der Waals surface area contributed by atoms with Gasteiger partial charge in [-0.3, -0.25) is 0 Å². The quantitative estimate of drug-likeness (QED) is 0.658. The van der Waals surface area contributed by atoms with Crippen LogP contribution in [-0.2, 0) is 12.8 Å². The van der Waals surface area contributed by atoms with E-state index >= 15 is 0 Å². The highest BCUT2D eigenvalue weighted by atomic mass is 32.2. The van der Waals surface area contributed by atoms with Gasteiger partial charge in [-0.1, -0.05) is 35.5 Å². The lowest BCUT2D eigenvalue weighted by atomic mass is 10.1. The summed E-state index contributed by atoms with van der Waals surface area (Å²) in [4.78, 5) is 1.13. The van der Waals surface area contributed by atoms with E-state index in [1.807, 2.05) is 23.7 Å². The van der Waals surface area contributed by atoms with Gasteiger partial charge in [0, 0.05) is 18.4 Å². The van der Waals surface area contributed by atoms with Crippen LogP contribution in [0.1, 0.15) is 11.1 Å². The monoisotopic (exact) mass is 331 g/mol. The van der Waals surface area contributed by atoms with Gasteiger partial charge in [-0.05, 0) is 24.4 Å². The summed E-state index contributed by atoms with van der Waals surface area (Å²) in [6.07, 6.45) is 0. The summed E-state index contributed by atoms with van der Waals surface area (Å²) in [5, 5.41) is 11.6. The van der Waals surface area contributed by atoms with Crippen LogP contribution in [0.4, 0.5) is 0 Å². The second kappa shape index (κ2) is 6.54. The fourth-order valence-corrected chi connectivity index (χ4v) is 3.86. The number of ether oxygens (including phenoxy) is 1. The van der Waals surface area contributed by atoms with Crippen LogP contribution in [0.2, 0.25) is 0 Å². The van der Waals surface area contributed by atoms with Gasteiger partial charge < -0.3 is 9.30 Å². The van der Waals surface area contributed by atoms with Crippen LogP contribution in [-0.4, -0.2) is 21.9 Å². The largest absolute Gasteiger partial charge is 0.496 e. The molecule has 0 N–H and O–H groups in total. The van der Waals surface area contributed by atoms with Crippen molar-refractivity contribution in [2.45, 2.75) is 17.8 Å². The summed E-state index contributed by atoms with van der Waals surface area (Å²) in [7, 11) is 3.71. The molecule has 6 heteroatoms. The first kappa shape index (κ1) is 15.1. The molecule has 0 aliphatic carbocycles. The number of aromatic nitrogens is 3. The van der Waals surface area contributed by atoms with Crippen molar-refractivity contribution < 1.29 is 4.74 Å². The highest BCUT2D eigenvalue weighted by Gasteiger charge is 2.13. The first-order chi connectivity index (χ1) is 10.7. The smallest absolute Gasteiger partial charge is 0.191 e. The molecule has 22 heavy (non-hydrogen) atoms. The maximum atomic E-state index is 5.43. The highest BCUT2D eigenvalue weighted by molar-refractivity contribution is 7.98. The number of thioether (sulfide) groups is 1. The van der Waals surface area contributed by atoms with Gasteiger partial charge in [0.05, 0.1) is 12.0 Å². The van der Waals surface area contributed by atoms with Crippen LogP contribution in [0.3, 0.4) is 0 Å². The van der Waals surface area contributed by atoms with Gasteiger partial charge >= 0.3 is 0 Å². The third-order valence-electron chi connectivity index (χ3n) is 3.37. The maximum Gasteiger partial charge on any atom is 0.191 e. The fraction of sp³-hybridized carbons (Fsp3) is 0.250. The molecule has 1 aromatic carbocycles. The standard InChI is InChI=1S/C16H17N3OS2/c1-11-6-7-13(20-3)12(9-11)10-22-16-18-17-15(19(16)2)14-5-4-8-21-14/h4-9H,10H2,1-3H3. The van der Waals surface area contributed by atoms with Crippen LogP contribution in [0, 0.1) is 6.92 Å². The minimum Gasteiger partial charge on any atom is -0.496 e. The number of aryl methyl sites for hydroxylation is 1. The Balaban J connectivity index is 1.79. The van der Waals surface area contributed by atoms with Gasteiger partial charge in [0.2, 0.25) is 0 Å². The van der Waals surface area contributed by atoms with Gasteiger partial charge in [0.25, 0.3) is 0 Å². The van der Waals surface area contributed by atoms with E-state index in [0.29, 0.717) is 0 Å². The van der Waals surface area contributed by atoms with Crippen molar-refractivity contribution in [3.63, 3.8) is 0 Å². The molecule has 3 rings (SSSR count). The molecule has 2 aromatic heterocycles. The number of benzene rings is 1. The summed E-state index contributed by atoms with van der Waals surface area (Å²) in [5.74, 6) is 2.63. The van der Waals surface area contributed by atoms with Crippen molar-refractivity contribution >= 4 is 23.1 Å². The molecule has 0 amide bonds. The van der Waals surface area contributed by atoms with Crippen molar-refractivity contribution in [3.8, 4) is 16.5 Å². The van der Waals surface area contributed by atoms with Crippen molar-refractivity contribution in [2.75, 3.05) is 7.11 Å². The van der Waals surface area contributed by atoms with Crippen molar-refractivity contribution in [1.29, 1.82) is 0 Å². The average molecular weight is 331 g/mol. The number of methoxy groups -OCH3 is 1. The molecule has 0 radical (unpaired) electrons. The van der Waals surface area contributed by atoms with Crippen LogP contribution in [0.15, 0.2) is 40.9 Å².